The molecule has 7 rings (SSSR count). The molecular formula is C51H69N3O7. The number of carboxylic acid groups (broad SMARTS) is 1. The number of hydrogen-bond acceptors (Lipinski definition) is 8. The number of dihydropyridines is 1. The number of nitrogens with two attached hydrogens (primary N) is 1. The van der Waals surface area contributed by atoms with Crippen LogP contribution >= 0.6 is 0 Å². The molecule has 10 nitrogen and oxygen atoms in total. The molecule has 2 aromatic carbocycles. The number of unbranched alkanes of at least 4 members (excludes halogenated alkanes) is 4. The van der Waals surface area contributed by atoms with Gasteiger partial charge in [0.15, 0.2) is 0 Å². The zero-order chi connectivity index (χ0) is 43.1. The van der Waals surface area contributed by atoms with Crippen molar-refractivity contribution in [3.63, 3.8) is 0 Å². The van der Waals surface area contributed by atoms with Crippen LogP contribution in [-0.2, 0) is 11.2 Å². The third-order valence-corrected chi connectivity index (χ3v) is 14.7. The lowest BCUT2D eigenvalue weighted by Gasteiger charge is -2.45. The second-order valence-electron chi connectivity index (χ2n) is 18.9. The third-order valence-electron chi connectivity index (χ3n) is 14.7. The van der Waals surface area contributed by atoms with E-state index in [1.54, 1.807) is 12.1 Å². The van der Waals surface area contributed by atoms with Gasteiger partial charge in [0.25, 0.3) is 0 Å². The largest absolute Gasteiger partial charge is 0.508 e. The number of hydrogen-bond donors (Lipinski definition) is 9. The minimum absolute atomic E-state index is 0.0310. The van der Waals surface area contributed by atoms with Crippen LogP contribution in [0.4, 0.5) is 0 Å². The van der Waals surface area contributed by atoms with E-state index in [0.717, 1.165) is 73.0 Å². The van der Waals surface area contributed by atoms with Gasteiger partial charge in [-0.15, -0.1) is 0 Å². The van der Waals surface area contributed by atoms with E-state index < -0.39 is 23.6 Å². The molecule has 61 heavy (non-hydrogen) atoms. The minimum Gasteiger partial charge on any atom is -0.508 e. The van der Waals surface area contributed by atoms with E-state index in [4.69, 9.17) is 5.73 Å². The fraction of sp³-hybridized carbons (Fsp3) is 0.549. The predicted molar refractivity (Wildman–Crippen MR) is 240 cm³/mol. The molecule has 10 heteroatoms. The van der Waals surface area contributed by atoms with Gasteiger partial charge in [0, 0.05) is 35.3 Å². The molecule has 10 atom stereocenters. The first-order valence-corrected chi connectivity index (χ1v) is 23.1. The highest BCUT2D eigenvalue weighted by molar-refractivity contribution is 5.83. The Kier molecular flexibility index (Phi) is 14.7. The van der Waals surface area contributed by atoms with Gasteiger partial charge in [-0.1, -0.05) is 94.0 Å². The van der Waals surface area contributed by atoms with Crippen molar-refractivity contribution in [3.8, 4) is 33.9 Å². The summed E-state index contributed by atoms with van der Waals surface area (Å²) >= 11 is 0. The van der Waals surface area contributed by atoms with E-state index in [-0.39, 0.29) is 47.2 Å². The Balaban J connectivity index is 1.05. The van der Waals surface area contributed by atoms with Gasteiger partial charge in [-0.2, -0.15) is 0 Å². The molecule has 1 aliphatic heterocycles. The third kappa shape index (κ3) is 10.8. The molecule has 2 fully saturated rings. The number of aliphatic hydroxyl groups excluding tert-OH is 2. The van der Waals surface area contributed by atoms with Crippen molar-refractivity contribution in [1.82, 2.24) is 10.3 Å². The highest BCUT2D eigenvalue weighted by atomic mass is 16.4. The molecule has 4 aliphatic rings. The summed E-state index contributed by atoms with van der Waals surface area (Å²) in [5.74, 6) is -1.16. The molecule has 0 radical (unpaired) electrons. The number of carbonyl (C=O) groups is 1. The van der Waals surface area contributed by atoms with Crippen molar-refractivity contribution in [2.75, 3.05) is 6.54 Å². The summed E-state index contributed by atoms with van der Waals surface area (Å²) in [6, 6.07) is 16.6. The van der Waals surface area contributed by atoms with Crippen molar-refractivity contribution >= 4 is 5.97 Å². The van der Waals surface area contributed by atoms with E-state index in [9.17, 15) is 35.4 Å². The van der Waals surface area contributed by atoms with Gasteiger partial charge in [0.2, 0.25) is 0 Å². The molecule has 2 saturated carbocycles. The number of benzene rings is 2. The lowest BCUT2D eigenvalue weighted by Crippen LogP contribution is -2.50. The predicted octanol–water partition coefficient (Wildman–Crippen LogP) is 8.95. The van der Waals surface area contributed by atoms with Crippen LogP contribution in [-0.4, -0.2) is 65.9 Å². The van der Waals surface area contributed by atoms with Crippen LogP contribution in [0.2, 0.25) is 0 Å². The second-order valence-corrected chi connectivity index (χ2v) is 18.9. The van der Waals surface area contributed by atoms with Gasteiger partial charge in [-0.3, -0.25) is 4.79 Å². The number of aliphatic carboxylic acids is 1. The van der Waals surface area contributed by atoms with E-state index in [0.29, 0.717) is 62.4 Å². The molecule has 0 saturated heterocycles. The summed E-state index contributed by atoms with van der Waals surface area (Å²) in [6.45, 7) is 2.87. The van der Waals surface area contributed by atoms with Crippen LogP contribution in [0.1, 0.15) is 109 Å². The first-order chi connectivity index (χ1) is 29.4. The first kappa shape index (κ1) is 44.5. The van der Waals surface area contributed by atoms with Crippen LogP contribution < -0.4 is 11.1 Å². The molecule has 2 heterocycles. The summed E-state index contributed by atoms with van der Waals surface area (Å²) in [4.78, 5) is 16.4. The Bertz CT molecular complexity index is 2000. The molecule has 0 amide bonds. The number of aromatic amines is 1. The monoisotopic (exact) mass is 836 g/mol. The number of aromatic nitrogens is 1. The molecule has 0 bridgehead atoms. The quantitative estimate of drug-likeness (QED) is 0.0419. The summed E-state index contributed by atoms with van der Waals surface area (Å²) in [6.07, 6.45) is 20.2. The summed E-state index contributed by atoms with van der Waals surface area (Å²) in [5, 5.41) is 70.2. The smallest absolute Gasteiger partial charge is 0.309 e. The zero-order valence-electron chi connectivity index (χ0n) is 35.9. The van der Waals surface area contributed by atoms with Gasteiger partial charge in [0.1, 0.15) is 11.5 Å². The average molecular weight is 836 g/mol. The molecule has 10 N–H and O–H groups in total. The van der Waals surface area contributed by atoms with Gasteiger partial charge >= 0.3 is 5.97 Å². The van der Waals surface area contributed by atoms with Crippen molar-refractivity contribution in [2.45, 2.75) is 127 Å². The number of phenolic OH excluding ortho intramolecular Hbond substituents is 2. The van der Waals surface area contributed by atoms with Crippen LogP contribution in [0.3, 0.4) is 0 Å². The van der Waals surface area contributed by atoms with Crippen LogP contribution in [0.25, 0.3) is 22.4 Å². The van der Waals surface area contributed by atoms with Gasteiger partial charge in [0.05, 0.1) is 35.2 Å². The zero-order valence-corrected chi connectivity index (χ0v) is 35.9. The molecule has 3 aliphatic carbocycles. The Morgan fingerprint density at radius 3 is 2.41 bits per heavy atom. The fourth-order valence-corrected chi connectivity index (χ4v) is 11.5. The molecular weight excluding hydrogens is 767 g/mol. The van der Waals surface area contributed by atoms with Gasteiger partial charge < -0.3 is 46.7 Å². The topological polar surface area (TPSA) is 192 Å². The SMILES string of the molecule is CCCCC[C@@H]1C=C[C@@H](CCCCC[C@H](C(=O)O)[C@H](O)[C@H]2CC[C@@H]3[C@@H](CC4=CCNC(N)=C4)C[C@H](Cc4cc(-c5ccccc5)c(-c5cc(O)cc(O)c5)[nH]4)[C@]3(O)C2)[C@H](O)C1. The lowest BCUT2D eigenvalue weighted by molar-refractivity contribution is -0.152. The number of rotatable bonds is 19. The maximum Gasteiger partial charge on any atom is 0.309 e. The fourth-order valence-electron chi connectivity index (χ4n) is 11.5. The highest BCUT2D eigenvalue weighted by Crippen LogP contribution is 2.57. The average Bonchev–Trinajstić information content (AvgIpc) is 3.77. The van der Waals surface area contributed by atoms with E-state index in [1.165, 1.54) is 25.3 Å². The number of fused-ring (bicyclic) bond motifs is 1. The number of nitrogens with one attached hydrogen (secondary N) is 2. The maximum atomic E-state index is 13.0. The Hall–Kier alpha value is -4.51. The highest BCUT2D eigenvalue weighted by Gasteiger charge is 2.57. The lowest BCUT2D eigenvalue weighted by atomic mass is 9.64. The van der Waals surface area contributed by atoms with Crippen molar-refractivity contribution < 1.29 is 35.4 Å². The summed E-state index contributed by atoms with van der Waals surface area (Å²) < 4.78 is 0. The van der Waals surface area contributed by atoms with Gasteiger partial charge in [-0.25, -0.2) is 0 Å². The molecule has 3 aromatic rings. The Labute approximate surface area is 361 Å². The summed E-state index contributed by atoms with van der Waals surface area (Å²) in [7, 11) is 0. The van der Waals surface area contributed by atoms with E-state index in [2.05, 4.69) is 41.5 Å². The summed E-state index contributed by atoms with van der Waals surface area (Å²) in [5.41, 5.74) is 10.4. The van der Waals surface area contributed by atoms with Gasteiger partial charge in [-0.05, 0) is 129 Å². The van der Waals surface area contributed by atoms with E-state index in [1.807, 2.05) is 36.4 Å². The Morgan fingerprint density at radius 2 is 1.69 bits per heavy atom. The van der Waals surface area contributed by atoms with Crippen molar-refractivity contribution in [3.05, 3.63) is 96.0 Å². The number of aromatic hydroxyl groups is 2. The van der Waals surface area contributed by atoms with Crippen LogP contribution in [0.15, 0.2) is 90.3 Å². The second kappa shape index (κ2) is 20.1. The molecule has 0 unspecified atom stereocenters. The number of carboxylic acids is 1. The van der Waals surface area contributed by atoms with Crippen LogP contribution in [0, 0.1) is 41.4 Å². The number of aliphatic hydroxyl groups is 3. The Morgan fingerprint density at radius 1 is 0.918 bits per heavy atom. The normalized spacial score (nSPS) is 28.4. The minimum atomic E-state index is -1.13. The van der Waals surface area contributed by atoms with Crippen molar-refractivity contribution in [2.24, 2.45) is 47.2 Å². The number of phenols is 2. The molecule has 0 spiro atoms. The number of H-pyrrole nitrogens is 1. The number of allylic oxidation sites excluding steroid dienone is 3. The molecule has 330 valence electrons. The maximum absolute atomic E-state index is 13.0. The standard InChI is InChI=1S/C51H69N3O7/c1-2-3-6-11-32-16-17-35(46(57)23-32)14-9-5-10-15-43(50(59)60)49(58)36-18-19-45-37(22-33-20-21-53-47(52)24-33)25-39(51(45,61)31-36)28-40-29-44(34-12-7-4-8-13-34)48(54-40)38-26-41(55)30-42(56)27-38/h4,7-8,12-13,16-17,20,24,26-27,29-30,32,35-37,39,43,45-46,49,53-58,61H,2-3,5-6,9-11,14-15,18-19,21-23,25,28,31,52H2,1H3,(H,59,60)/t32-,35-,36+,37+,39-,43+,45-,46-,49-,51-/m1/s1. The van der Waals surface area contributed by atoms with Crippen LogP contribution in [0.5, 0.6) is 11.5 Å². The van der Waals surface area contributed by atoms with Crippen molar-refractivity contribution in [1.29, 1.82) is 0 Å². The first-order valence-electron chi connectivity index (χ1n) is 23.1. The molecule has 1 aromatic heterocycles. The van der Waals surface area contributed by atoms with E-state index >= 15 is 0 Å².